The maximum Gasteiger partial charge on any atom is 0.223 e. The largest absolute Gasteiger partial charge is 0.339 e. The molecular formula is C18H20N4O. The molecule has 118 valence electrons. The Morgan fingerprint density at radius 2 is 1.52 bits per heavy atom. The summed E-state index contributed by atoms with van der Waals surface area (Å²) in [5.74, 6) is 1.18. The SMILES string of the molecule is Cc1nc(-c2ccc(-c3ccc(CC(N)CN)cc3)cc2)no1. The van der Waals surface area contributed by atoms with Crippen molar-refractivity contribution in [3.05, 3.63) is 60.0 Å². The fraction of sp³-hybridized carbons (Fsp3) is 0.222. The van der Waals surface area contributed by atoms with Gasteiger partial charge in [0.2, 0.25) is 11.7 Å². The molecular weight excluding hydrogens is 288 g/mol. The van der Waals surface area contributed by atoms with E-state index in [-0.39, 0.29) is 6.04 Å². The number of aryl methyl sites for hydroxylation is 1. The molecule has 0 aliphatic heterocycles. The predicted octanol–water partition coefficient (Wildman–Crippen LogP) is 2.54. The molecule has 0 spiro atoms. The number of rotatable bonds is 5. The minimum Gasteiger partial charge on any atom is -0.339 e. The van der Waals surface area contributed by atoms with Crippen LogP contribution in [0.2, 0.25) is 0 Å². The number of aromatic nitrogens is 2. The van der Waals surface area contributed by atoms with Crippen LogP contribution in [0.25, 0.3) is 22.5 Å². The molecule has 5 heteroatoms. The number of hydrogen-bond acceptors (Lipinski definition) is 5. The first-order chi connectivity index (χ1) is 11.2. The van der Waals surface area contributed by atoms with Crippen molar-refractivity contribution < 1.29 is 4.52 Å². The second-order valence-electron chi connectivity index (χ2n) is 5.61. The molecule has 0 aliphatic rings. The summed E-state index contributed by atoms with van der Waals surface area (Å²) in [6, 6.07) is 16.5. The van der Waals surface area contributed by atoms with Gasteiger partial charge in [-0.3, -0.25) is 0 Å². The molecule has 2 aromatic carbocycles. The van der Waals surface area contributed by atoms with E-state index < -0.39 is 0 Å². The van der Waals surface area contributed by atoms with Gasteiger partial charge in [-0.2, -0.15) is 4.98 Å². The van der Waals surface area contributed by atoms with E-state index in [2.05, 4.69) is 46.5 Å². The minimum absolute atomic E-state index is 0.0125. The maximum absolute atomic E-state index is 5.88. The molecule has 4 N–H and O–H groups in total. The van der Waals surface area contributed by atoms with Gasteiger partial charge in [-0.1, -0.05) is 53.7 Å². The molecule has 3 aromatic rings. The Kier molecular flexibility index (Phi) is 4.50. The van der Waals surface area contributed by atoms with Crippen LogP contribution in [0, 0.1) is 6.92 Å². The van der Waals surface area contributed by atoms with E-state index in [1.807, 2.05) is 12.1 Å². The number of benzene rings is 2. The Morgan fingerprint density at radius 3 is 2.04 bits per heavy atom. The predicted molar refractivity (Wildman–Crippen MR) is 90.6 cm³/mol. The van der Waals surface area contributed by atoms with E-state index in [0.717, 1.165) is 23.1 Å². The second kappa shape index (κ2) is 6.73. The molecule has 3 rings (SSSR count). The molecule has 1 aromatic heterocycles. The highest BCUT2D eigenvalue weighted by Crippen LogP contribution is 2.24. The molecule has 0 amide bonds. The Balaban J connectivity index is 1.76. The maximum atomic E-state index is 5.88. The van der Waals surface area contributed by atoms with Gasteiger partial charge < -0.3 is 16.0 Å². The van der Waals surface area contributed by atoms with Gasteiger partial charge in [-0.05, 0) is 23.1 Å². The lowest BCUT2D eigenvalue weighted by atomic mass is 10.00. The van der Waals surface area contributed by atoms with E-state index >= 15 is 0 Å². The highest BCUT2D eigenvalue weighted by atomic mass is 16.5. The number of nitrogens with zero attached hydrogens (tertiary/aromatic N) is 2. The molecule has 0 fully saturated rings. The first kappa shape index (κ1) is 15.4. The van der Waals surface area contributed by atoms with Crippen LogP contribution in [0.1, 0.15) is 11.5 Å². The van der Waals surface area contributed by atoms with Gasteiger partial charge in [-0.15, -0.1) is 0 Å². The average molecular weight is 308 g/mol. The minimum atomic E-state index is 0.0125. The van der Waals surface area contributed by atoms with Crippen LogP contribution in [-0.4, -0.2) is 22.7 Å². The van der Waals surface area contributed by atoms with Crippen molar-refractivity contribution in [3.63, 3.8) is 0 Å². The first-order valence-electron chi connectivity index (χ1n) is 7.61. The van der Waals surface area contributed by atoms with Crippen molar-refractivity contribution in [1.82, 2.24) is 10.1 Å². The molecule has 0 saturated carbocycles. The van der Waals surface area contributed by atoms with Gasteiger partial charge in [0, 0.05) is 25.1 Å². The summed E-state index contributed by atoms with van der Waals surface area (Å²) in [6.45, 7) is 2.28. The van der Waals surface area contributed by atoms with Crippen LogP contribution in [-0.2, 0) is 6.42 Å². The molecule has 0 bridgehead atoms. The topological polar surface area (TPSA) is 91.0 Å². The zero-order valence-electron chi connectivity index (χ0n) is 13.1. The molecule has 0 radical (unpaired) electrons. The van der Waals surface area contributed by atoms with E-state index in [1.54, 1.807) is 6.92 Å². The third-order valence-electron chi connectivity index (χ3n) is 3.76. The van der Waals surface area contributed by atoms with Crippen LogP contribution in [0.15, 0.2) is 53.1 Å². The highest BCUT2D eigenvalue weighted by Gasteiger charge is 2.06. The third kappa shape index (κ3) is 3.64. The fourth-order valence-corrected chi connectivity index (χ4v) is 2.45. The summed E-state index contributed by atoms with van der Waals surface area (Å²) in [5.41, 5.74) is 15.9. The van der Waals surface area contributed by atoms with Crippen LogP contribution in [0.5, 0.6) is 0 Å². The molecule has 0 saturated heterocycles. The van der Waals surface area contributed by atoms with Gasteiger partial charge in [0.25, 0.3) is 0 Å². The normalized spacial score (nSPS) is 12.3. The summed E-state index contributed by atoms with van der Waals surface area (Å²) in [7, 11) is 0. The van der Waals surface area contributed by atoms with Crippen LogP contribution < -0.4 is 11.5 Å². The summed E-state index contributed by atoms with van der Waals surface area (Å²) >= 11 is 0. The smallest absolute Gasteiger partial charge is 0.223 e. The van der Waals surface area contributed by atoms with Crippen molar-refractivity contribution >= 4 is 0 Å². The Morgan fingerprint density at radius 1 is 0.957 bits per heavy atom. The van der Waals surface area contributed by atoms with E-state index in [9.17, 15) is 0 Å². The Labute approximate surface area is 135 Å². The average Bonchev–Trinajstić information content (AvgIpc) is 3.02. The zero-order valence-corrected chi connectivity index (χ0v) is 13.1. The van der Waals surface area contributed by atoms with E-state index in [4.69, 9.17) is 16.0 Å². The lowest BCUT2D eigenvalue weighted by Crippen LogP contribution is -2.31. The van der Waals surface area contributed by atoms with Crippen molar-refractivity contribution in [2.45, 2.75) is 19.4 Å². The van der Waals surface area contributed by atoms with Gasteiger partial charge in [-0.25, -0.2) is 0 Å². The number of nitrogens with two attached hydrogens (primary N) is 2. The molecule has 5 nitrogen and oxygen atoms in total. The van der Waals surface area contributed by atoms with Gasteiger partial charge in [0.05, 0.1) is 0 Å². The third-order valence-corrected chi connectivity index (χ3v) is 3.76. The highest BCUT2D eigenvalue weighted by molar-refractivity contribution is 5.67. The van der Waals surface area contributed by atoms with Gasteiger partial charge >= 0.3 is 0 Å². The lowest BCUT2D eigenvalue weighted by molar-refractivity contribution is 0.394. The van der Waals surface area contributed by atoms with Crippen LogP contribution >= 0.6 is 0 Å². The molecule has 1 heterocycles. The van der Waals surface area contributed by atoms with Crippen molar-refractivity contribution in [2.75, 3.05) is 6.54 Å². The van der Waals surface area contributed by atoms with Gasteiger partial charge in [0.15, 0.2) is 0 Å². The molecule has 1 atom stereocenters. The van der Waals surface area contributed by atoms with Crippen LogP contribution in [0.4, 0.5) is 0 Å². The lowest BCUT2D eigenvalue weighted by Gasteiger charge is -2.09. The van der Waals surface area contributed by atoms with Crippen molar-refractivity contribution in [1.29, 1.82) is 0 Å². The first-order valence-corrected chi connectivity index (χ1v) is 7.61. The van der Waals surface area contributed by atoms with E-state index in [0.29, 0.717) is 18.3 Å². The molecule has 0 aliphatic carbocycles. The van der Waals surface area contributed by atoms with Crippen molar-refractivity contribution in [3.8, 4) is 22.5 Å². The number of hydrogen-bond donors (Lipinski definition) is 2. The van der Waals surface area contributed by atoms with Crippen molar-refractivity contribution in [2.24, 2.45) is 11.5 Å². The zero-order chi connectivity index (χ0) is 16.2. The monoisotopic (exact) mass is 308 g/mol. The van der Waals surface area contributed by atoms with Gasteiger partial charge in [0.1, 0.15) is 0 Å². The summed E-state index contributed by atoms with van der Waals surface area (Å²) in [6.07, 6.45) is 0.799. The Bertz CT molecular complexity index is 762. The standard InChI is InChI=1S/C18H20N4O/c1-12-21-18(22-23-12)16-8-6-15(7-9-16)14-4-2-13(3-5-14)10-17(20)11-19/h2-9,17H,10-11,19-20H2,1H3. The summed E-state index contributed by atoms with van der Waals surface area (Å²) in [5, 5.41) is 3.93. The Hall–Kier alpha value is -2.50. The summed E-state index contributed by atoms with van der Waals surface area (Å²) in [4.78, 5) is 4.23. The van der Waals surface area contributed by atoms with E-state index in [1.165, 1.54) is 5.56 Å². The second-order valence-corrected chi connectivity index (χ2v) is 5.61. The molecule has 23 heavy (non-hydrogen) atoms. The quantitative estimate of drug-likeness (QED) is 0.756. The molecule has 1 unspecified atom stereocenters. The fourth-order valence-electron chi connectivity index (χ4n) is 2.45. The summed E-state index contributed by atoms with van der Waals surface area (Å²) < 4.78 is 5.01. The van der Waals surface area contributed by atoms with Crippen LogP contribution in [0.3, 0.4) is 0 Å².